The molecule has 0 radical (unpaired) electrons. The van der Waals surface area contributed by atoms with Gasteiger partial charge in [0.2, 0.25) is 0 Å². The maximum Gasteiger partial charge on any atom is 0.295 e. The van der Waals surface area contributed by atoms with Crippen molar-refractivity contribution >= 4 is 34.1 Å². The molecule has 0 saturated carbocycles. The number of hydrogen-bond donors (Lipinski definition) is 1. The Morgan fingerprint density at radius 3 is 3.05 bits per heavy atom. The summed E-state index contributed by atoms with van der Waals surface area (Å²) < 4.78 is 5.55. The van der Waals surface area contributed by atoms with Crippen molar-refractivity contribution in [1.82, 2.24) is 4.98 Å². The van der Waals surface area contributed by atoms with Gasteiger partial charge in [0.1, 0.15) is 5.52 Å². The minimum absolute atomic E-state index is 0.00832. The Morgan fingerprint density at radius 1 is 1.48 bits per heavy atom. The van der Waals surface area contributed by atoms with Gasteiger partial charge in [0, 0.05) is 29.5 Å². The van der Waals surface area contributed by atoms with Crippen molar-refractivity contribution in [2.24, 2.45) is 0 Å². The van der Waals surface area contributed by atoms with E-state index in [2.05, 4.69) is 16.4 Å². The SMILES string of the molecule is CC(Cc1cccs1)Nc1nc2cc([N+](=O)[O-])ccc2o1. The highest BCUT2D eigenvalue weighted by Gasteiger charge is 2.13. The van der Waals surface area contributed by atoms with E-state index in [0.29, 0.717) is 17.1 Å². The van der Waals surface area contributed by atoms with E-state index in [4.69, 9.17) is 4.42 Å². The number of benzene rings is 1. The van der Waals surface area contributed by atoms with Gasteiger partial charge in [0.25, 0.3) is 11.7 Å². The normalized spacial score (nSPS) is 12.4. The molecule has 3 rings (SSSR count). The maximum absolute atomic E-state index is 10.7. The Balaban J connectivity index is 1.76. The lowest BCUT2D eigenvalue weighted by Crippen LogP contribution is -2.17. The van der Waals surface area contributed by atoms with Crippen molar-refractivity contribution < 1.29 is 9.34 Å². The predicted octanol–water partition coefficient (Wildman–Crippen LogP) is 3.84. The first kappa shape index (κ1) is 13.6. The number of aromatic nitrogens is 1. The summed E-state index contributed by atoms with van der Waals surface area (Å²) in [7, 11) is 0. The van der Waals surface area contributed by atoms with Gasteiger partial charge in [-0.1, -0.05) is 6.07 Å². The molecule has 1 atom stereocenters. The summed E-state index contributed by atoms with van der Waals surface area (Å²) in [4.78, 5) is 15.8. The van der Waals surface area contributed by atoms with E-state index < -0.39 is 4.92 Å². The van der Waals surface area contributed by atoms with Crippen molar-refractivity contribution in [2.75, 3.05) is 5.32 Å². The lowest BCUT2D eigenvalue weighted by molar-refractivity contribution is -0.384. The number of nitro groups is 1. The quantitative estimate of drug-likeness (QED) is 0.572. The van der Waals surface area contributed by atoms with E-state index in [1.54, 1.807) is 17.4 Å². The number of thiophene rings is 1. The number of oxazole rings is 1. The van der Waals surface area contributed by atoms with Crippen LogP contribution in [0.25, 0.3) is 11.1 Å². The Labute approximate surface area is 124 Å². The molecular formula is C14H13N3O3S. The van der Waals surface area contributed by atoms with Crippen LogP contribution in [-0.2, 0) is 6.42 Å². The summed E-state index contributed by atoms with van der Waals surface area (Å²) in [6, 6.07) is 9.03. The van der Waals surface area contributed by atoms with Crippen LogP contribution >= 0.6 is 11.3 Å². The van der Waals surface area contributed by atoms with Crippen LogP contribution in [0.5, 0.6) is 0 Å². The Bertz CT molecular complexity index is 767. The third-order valence-corrected chi connectivity index (χ3v) is 3.94. The predicted molar refractivity (Wildman–Crippen MR) is 81.8 cm³/mol. The molecule has 1 unspecified atom stereocenters. The number of rotatable bonds is 5. The number of nitro benzene ring substituents is 1. The fourth-order valence-corrected chi connectivity index (χ4v) is 2.92. The molecule has 1 N–H and O–H groups in total. The number of fused-ring (bicyclic) bond motifs is 1. The fourth-order valence-electron chi connectivity index (χ4n) is 2.08. The average molecular weight is 303 g/mol. The molecule has 2 heterocycles. The second kappa shape index (κ2) is 5.53. The number of nitrogens with one attached hydrogen (secondary N) is 1. The molecule has 0 aliphatic heterocycles. The molecule has 21 heavy (non-hydrogen) atoms. The van der Waals surface area contributed by atoms with Gasteiger partial charge in [-0.15, -0.1) is 11.3 Å². The summed E-state index contributed by atoms with van der Waals surface area (Å²) in [6.07, 6.45) is 0.872. The van der Waals surface area contributed by atoms with E-state index in [1.165, 1.54) is 17.0 Å². The Morgan fingerprint density at radius 2 is 2.33 bits per heavy atom. The summed E-state index contributed by atoms with van der Waals surface area (Å²) in [5, 5.41) is 16.0. The zero-order valence-corrected chi connectivity index (χ0v) is 12.1. The van der Waals surface area contributed by atoms with Crippen LogP contribution in [0.15, 0.2) is 40.1 Å². The van der Waals surface area contributed by atoms with Gasteiger partial charge in [-0.3, -0.25) is 10.1 Å². The lowest BCUT2D eigenvalue weighted by Gasteiger charge is -2.10. The highest BCUT2D eigenvalue weighted by molar-refractivity contribution is 7.09. The summed E-state index contributed by atoms with van der Waals surface area (Å²) in [5.74, 6) is 0. The Kier molecular flexibility index (Phi) is 3.57. The van der Waals surface area contributed by atoms with Crippen LogP contribution in [0.4, 0.5) is 11.7 Å². The summed E-state index contributed by atoms with van der Waals surface area (Å²) >= 11 is 1.71. The van der Waals surface area contributed by atoms with E-state index in [1.807, 2.05) is 18.4 Å². The summed E-state index contributed by atoms with van der Waals surface area (Å²) in [5.41, 5.74) is 1.02. The minimum Gasteiger partial charge on any atom is -0.424 e. The molecule has 0 spiro atoms. The zero-order chi connectivity index (χ0) is 14.8. The topological polar surface area (TPSA) is 81.2 Å². The van der Waals surface area contributed by atoms with Crippen LogP contribution in [0, 0.1) is 10.1 Å². The highest BCUT2D eigenvalue weighted by atomic mass is 32.1. The second-order valence-electron chi connectivity index (χ2n) is 4.76. The number of hydrogen-bond acceptors (Lipinski definition) is 6. The van der Waals surface area contributed by atoms with Crippen molar-refractivity contribution in [3.63, 3.8) is 0 Å². The maximum atomic E-state index is 10.7. The zero-order valence-electron chi connectivity index (χ0n) is 11.3. The molecule has 7 heteroatoms. The highest BCUT2D eigenvalue weighted by Crippen LogP contribution is 2.24. The van der Waals surface area contributed by atoms with E-state index in [-0.39, 0.29) is 11.7 Å². The third kappa shape index (κ3) is 3.03. The Hall–Kier alpha value is -2.41. The molecule has 0 aliphatic carbocycles. The molecule has 3 aromatic rings. The van der Waals surface area contributed by atoms with E-state index in [0.717, 1.165) is 6.42 Å². The van der Waals surface area contributed by atoms with Crippen molar-refractivity contribution in [1.29, 1.82) is 0 Å². The molecule has 0 fully saturated rings. The molecule has 0 aliphatic rings. The molecule has 0 amide bonds. The standard InChI is InChI=1S/C14H13N3O3S/c1-9(7-11-3-2-6-21-11)15-14-16-12-8-10(17(18)19)4-5-13(12)20-14/h2-6,8-9H,7H2,1H3,(H,15,16). The van der Waals surface area contributed by atoms with Gasteiger partial charge in [0.05, 0.1) is 4.92 Å². The fraction of sp³-hybridized carbons (Fsp3) is 0.214. The van der Waals surface area contributed by atoms with Gasteiger partial charge in [-0.05, 0) is 24.4 Å². The number of nitrogens with zero attached hydrogens (tertiary/aromatic N) is 2. The van der Waals surface area contributed by atoms with E-state index >= 15 is 0 Å². The molecule has 0 saturated heterocycles. The summed E-state index contributed by atoms with van der Waals surface area (Å²) in [6.45, 7) is 2.04. The van der Waals surface area contributed by atoms with Crippen LogP contribution in [-0.4, -0.2) is 15.9 Å². The van der Waals surface area contributed by atoms with Crippen molar-refractivity contribution in [3.05, 3.63) is 50.7 Å². The number of non-ortho nitro benzene ring substituents is 1. The first-order chi connectivity index (χ1) is 10.1. The van der Waals surface area contributed by atoms with Crippen LogP contribution in [0.2, 0.25) is 0 Å². The monoisotopic (exact) mass is 303 g/mol. The van der Waals surface area contributed by atoms with Gasteiger partial charge < -0.3 is 9.73 Å². The van der Waals surface area contributed by atoms with Crippen LogP contribution in [0.3, 0.4) is 0 Å². The van der Waals surface area contributed by atoms with E-state index in [9.17, 15) is 10.1 Å². The molecular weight excluding hydrogens is 290 g/mol. The van der Waals surface area contributed by atoms with Crippen molar-refractivity contribution in [2.45, 2.75) is 19.4 Å². The molecule has 6 nitrogen and oxygen atoms in total. The molecule has 2 aromatic heterocycles. The smallest absolute Gasteiger partial charge is 0.295 e. The second-order valence-corrected chi connectivity index (χ2v) is 5.79. The lowest BCUT2D eigenvalue weighted by atomic mass is 10.2. The van der Waals surface area contributed by atoms with Crippen LogP contribution < -0.4 is 5.32 Å². The van der Waals surface area contributed by atoms with Crippen molar-refractivity contribution in [3.8, 4) is 0 Å². The minimum atomic E-state index is -0.444. The van der Waals surface area contributed by atoms with Crippen LogP contribution in [0.1, 0.15) is 11.8 Å². The van der Waals surface area contributed by atoms with Gasteiger partial charge in [-0.25, -0.2) is 0 Å². The van der Waals surface area contributed by atoms with Gasteiger partial charge >= 0.3 is 0 Å². The van der Waals surface area contributed by atoms with Gasteiger partial charge in [0.15, 0.2) is 5.58 Å². The number of anilines is 1. The first-order valence-electron chi connectivity index (χ1n) is 6.46. The molecule has 1 aromatic carbocycles. The largest absolute Gasteiger partial charge is 0.424 e. The average Bonchev–Trinajstić information content (AvgIpc) is 3.05. The molecule has 0 bridgehead atoms. The first-order valence-corrected chi connectivity index (χ1v) is 7.33. The van der Waals surface area contributed by atoms with Gasteiger partial charge in [-0.2, -0.15) is 4.98 Å². The third-order valence-electron chi connectivity index (χ3n) is 3.04. The molecule has 108 valence electrons.